The first-order chi connectivity index (χ1) is 19.9. The lowest BCUT2D eigenvalue weighted by Gasteiger charge is -2.32. The summed E-state index contributed by atoms with van der Waals surface area (Å²) < 4.78 is 39.6. The van der Waals surface area contributed by atoms with Crippen molar-refractivity contribution in [3.63, 3.8) is 0 Å². The molecular formula is C29H32Cl3N3O6S. The zero-order valence-electron chi connectivity index (χ0n) is 23.6. The normalized spacial score (nSPS) is 11.9. The Kier molecular flexibility index (Phi) is 11.8. The maximum atomic E-state index is 14.0. The third-order valence-electron chi connectivity index (χ3n) is 6.39. The molecule has 0 bridgehead atoms. The summed E-state index contributed by atoms with van der Waals surface area (Å²) in [5.74, 6) is -0.473. The Morgan fingerprint density at radius 2 is 1.57 bits per heavy atom. The van der Waals surface area contributed by atoms with E-state index in [1.807, 2.05) is 6.92 Å². The van der Waals surface area contributed by atoms with Crippen molar-refractivity contribution in [1.29, 1.82) is 0 Å². The second-order valence-corrected chi connectivity index (χ2v) is 12.4. The topological polar surface area (TPSA) is 105 Å². The Morgan fingerprint density at radius 3 is 2.17 bits per heavy atom. The minimum absolute atomic E-state index is 0.0265. The van der Waals surface area contributed by atoms with Crippen LogP contribution in [0.5, 0.6) is 11.5 Å². The molecule has 0 saturated heterocycles. The van der Waals surface area contributed by atoms with E-state index in [0.717, 1.165) is 4.31 Å². The van der Waals surface area contributed by atoms with Gasteiger partial charge in [-0.2, -0.15) is 0 Å². The molecule has 1 atom stereocenters. The van der Waals surface area contributed by atoms with Gasteiger partial charge in [-0.15, -0.1) is 0 Å². The summed E-state index contributed by atoms with van der Waals surface area (Å²) in [7, 11) is -1.51. The highest BCUT2D eigenvalue weighted by atomic mass is 35.5. The van der Waals surface area contributed by atoms with Crippen LogP contribution in [0.4, 0.5) is 5.69 Å². The number of benzene rings is 3. The lowest BCUT2D eigenvalue weighted by molar-refractivity contribution is -0.139. The van der Waals surface area contributed by atoms with Crippen LogP contribution >= 0.6 is 34.8 Å². The van der Waals surface area contributed by atoms with Gasteiger partial charge in [0.05, 0.1) is 34.8 Å². The first-order valence-electron chi connectivity index (χ1n) is 12.9. The molecule has 42 heavy (non-hydrogen) atoms. The second-order valence-electron chi connectivity index (χ2n) is 9.24. The molecule has 2 amide bonds. The highest BCUT2D eigenvalue weighted by Gasteiger charge is 2.33. The smallest absolute Gasteiger partial charge is 0.264 e. The largest absolute Gasteiger partial charge is 0.493 e. The molecule has 0 heterocycles. The number of amides is 2. The molecule has 0 fully saturated rings. The Bertz CT molecular complexity index is 1520. The van der Waals surface area contributed by atoms with Gasteiger partial charge in [0.1, 0.15) is 12.6 Å². The molecule has 3 aromatic rings. The Balaban J connectivity index is 2.07. The maximum absolute atomic E-state index is 14.0. The fourth-order valence-corrected chi connectivity index (χ4v) is 5.93. The Morgan fingerprint density at radius 1 is 0.905 bits per heavy atom. The standard InChI is InChI=1S/C29H32Cl3N3O6S/c1-5-14-33-29(37)19(2)34(17-20-6-12-24(31)25(32)15-20)28(36)18-35(22-9-7-21(30)8-10-22)42(38,39)23-11-13-26(40-3)27(16-23)41-4/h6-13,15-16,19H,5,14,17-18H2,1-4H3,(H,33,37)/t19-/m1/s1. The van der Waals surface area contributed by atoms with Crippen LogP contribution in [0.15, 0.2) is 65.6 Å². The first kappa shape index (κ1) is 33.3. The summed E-state index contributed by atoms with van der Waals surface area (Å²) >= 11 is 18.3. The van der Waals surface area contributed by atoms with Crippen LogP contribution in [0.3, 0.4) is 0 Å². The molecule has 3 aromatic carbocycles. The van der Waals surface area contributed by atoms with E-state index in [4.69, 9.17) is 44.3 Å². The summed E-state index contributed by atoms with van der Waals surface area (Å²) in [6, 6.07) is 14.1. The molecule has 13 heteroatoms. The number of carbonyl (C=O) groups excluding carboxylic acids is 2. The predicted molar refractivity (Wildman–Crippen MR) is 165 cm³/mol. The van der Waals surface area contributed by atoms with E-state index in [-0.39, 0.29) is 33.8 Å². The quantitative estimate of drug-likeness (QED) is 0.249. The van der Waals surface area contributed by atoms with Crippen molar-refractivity contribution < 1.29 is 27.5 Å². The van der Waals surface area contributed by atoms with Crippen molar-refractivity contribution in [2.24, 2.45) is 0 Å². The maximum Gasteiger partial charge on any atom is 0.264 e. The first-order valence-corrected chi connectivity index (χ1v) is 15.5. The van der Waals surface area contributed by atoms with E-state index >= 15 is 0 Å². The van der Waals surface area contributed by atoms with Crippen LogP contribution in [0.2, 0.25) is 15.1 Å². The zero-order valence-corrected chi connectivity index (χ0v) is 26.6. The zero-order chi connectivity index (χ0) is 31.0. The van der Waals surface area contributed by atoms with Crippen molar-refractivity contribution >= 4 is 62.3 Å². The van der Waals surface area contributed by atoms with E-state index in [1.165, 1.54) is 61.6 Å². The molecule has 226 valence electrons. The molecule has 0 aliphatic heterocycles. The molecule has 1 N–H and O–H groups in total. The monoisotopic (exact) mass is 655 g/mol. The molecule has 0 aromatic heterocycles. The lowest BCUT2D eigenvalue weighted by Crippen LogP contribution is -2.51. The molecule has 0 saturated carbocycles. The second kappa shape index (κ2) is 14.8. The lowest BCUT2D eigenvalue weighted by atomic mass is 10.1. The number of nitrogens with one attached hydrogen (secondary N) is 1. The van der Waals surface area contributed by atoms with Crippen molar-refractivity contribution in [3.05, 3.63) is 81.3 Å². The van der Waals surface area contributed by atoms with Crippen LogP contribution in [0, 0.1) is 0 Å². The van der Waals surface area contributed by atoms with Crippen molar-refractivity contribution in [2.75, 3.05) is 31.6 Å². The van der Waals surface area contributed by atoms with Crippen molar-refractivity contribution in [3.8, 4) is 11.5 Å². The number of nitrogens with zero attached hydrogens (tertiary/aromatic N) is 2. The highest BCUT2D eigenvalue weighted by Crippen LogP contribution is 2.33. The van der Waals surface area contributed by atoms with E-state index in [2.05, 4.69) is 5.32 Å². The van der Waals surface area contributed by atoms with Crippen LogP contribution in [-0.4, -0.2) is 58.5 Å². The number of anilines is 1. The fourth-order valence-electron chi connectivity index (χ4n) is 4.05. The number of methoxy groups -OCH3 is 2. The fraction of sp³-hybridized carbons (Fsp3) is 0.310. The van der Waals surface area contributed by atoms with Gasteiger partial charge in [-0.1, -0.05) is 47.8 Å². The SMILES string of the molecule is CCCNC(=O)[C@@H](C)N(Cc1ccc(Cl)c(Cl)c1)C(=O)CN(c1ccc(Cl)cc1)S(=O)(=O)c1ccc(OC)c(OC)c1. The Labute approximate surface area is 261 Å². The van der Waals surface area contributed by atoms with Crippen molar-refractivity contribution in [1.82, 2.24) is 10.2 Å². The molecule has 0 aliphatic carbocycles. The number of rotatable bonds is 13. The minimum Gasteiger partial charge on any atom is -0.493 e. The number of halogens is 3. The summed E-state index contributed by atoms with van der Waals surface area (Å²) in [6.45, 7) is 3.26. The van der Waals surface area contributed by atoms with Crippen molar-refractivity contribution in [2.45, 2.75) is 37.8 Å². The van der Waals surface area contributed by atoms with Gasteiger partial charge in [0.2, 0.25) is 11.8 Å². The molecular weight excluding hydrogens is 625 g/mol. The molecule has 9 nitrogen and oxygen atoms in total. The summed E-state index contributed by atoms with van der Waals surface area (Å²) in [4.78, 5) is 28.1. The number of hydrogen-bond acceptors (Lipinski definition) is 6. The van der Waals surface area contributed by atoms with E-state index in [0.29, 0.717) is 34.3 Å². The summed E-state index contributed by atoms with van der Waals surface area (Å²) in [5.41, 5.74) is 0.800. The van der Waals surface area contributed by atoms with Crippen LogP contribution in [0.25, 0.3) is 0 Å². The number of sulfonamides is 1. The number of ether oxygens (including phenoxy) is 2. The van der Waals surface area contributed by atoms with Gasteiger partial charge in [-0.3, -0.25) is 13.9 Å². The van der Waals surface area contributed by atoms with E-state index in [1.54, 1.807) is 25.1 Å². The predicted octanol–water partition coefficient (Wildman–Crippen LogP) is 5.80. The van der Waals surface area contributed by atoms with Gasteiger partial charge in [0, 0.05) is 24.2 Å². The average Bonchev–Trinajstić information content (AvgIpc) is 2.98. The average molecular weight is 657 g/mol. The molecule has 0 aliphatic rings. The number of carbonyl (C=O) groups is 2. The van der Waals surface area contributed by atoms with E-state index in [9.17, 15) is 18.0 Å². The molecule has 0 unspecified atom stereocenters. The van der Waals surface area contributed by atoms with Gasteiger partial charge >= 0.3 is 0 Å². The van der Waals surface area contributed by atoms with Crippen LogP contribution < -0.4 is 19.1 Å². The Hall–Kier alpha value is -3.18. The van der Waals surface area contributed by atoms with Gasteiger partial charge in [0.25, 0.3) is 10.0 Å². The third kappa shape index (κ3) is 8.01. The third-order valence-corrected chi connectivity index (χ3v) is 9.15. The van der Waals surface area contributed by atoms with Crippen LogP contribution in [-0.2, 0) is 26.2 Å². The van der Waals surface area contributed by atoms with Gasteiger partial charge < -0.3 is 19.7 Å². The van der Waals surface area contributed by atoms with Gasteiger partial charge in [-0.05, 0) is 67.4 Å². The van der Waals surface area contributed by atoms with E-state index < -0.39 is 28.5 Å². The molecule has 3 rings (SSSR count). The van der Waals surface area contributed by atoms with Gasteiger partial charge in [0.15, 0.2) is 11.5 Å². The molecule has 0 radical (unpaired) electrons. The van der Waals surface area contributed by atoms with Crippen LogP contribution in [0.1, 0.15) is 25.8 Å². The summed E-state index contributed by atoms with van der Waals surface area (Å²) in [6.07, 6.45) is 0.701. The minimum atomic E-state index is -4.33. The molecule has 0 spiro atoms. The van der Waals surface area contributed by atoms with Gasteiger partial charge in [-0.25, -0.2) is 8.42 Å². The highest BCUT2D eigenvalue weighted by molar-refractivity contribution is 7.92. The summed E-state index contributed by atoms with van der Waals surface area (Å²) in [5, 5.41) is 3.79. The number of hydrogen-bond donors (Lipinski definition) is 1.